The van der Waals surface area contributed by atoms with Gasteiger partial charge in [-0.1, -0.05) is 18.9 Å². The Hall–Kier alpha value is -3.71. The van der Waals surface area contributed by atoms with Crippen LogP contribution in [0.15, 0.2) is 60.1 Å². The van der Waals surface area contributed by atoms with Crippen molar-refractivity contribution in [3.63, 3.8) is 0 Å². The molecule has 0 bridgehead atoms. The first kappa shape index (κ1) is 21.6. The van der Waals surface area contributed by atoms with Gasteiger partial charge in [-0.25, -0.2) is 9.97 Å². The first-order chi connectivity index (χ1) is 17.8. The molecule has 1 saturated carbocycles. The summed E-state index contributed by atoms with van der Waals surface area (Å²) >= 11 is 0. The summed E-state index contributed by atoms with van der Waals surface area (Å²) in [5, 5.41) is 3.48. The second kappa shape index (κ2) is 9.06. The average molecular weight is 476 g/mol. The molecule has 2 fully saturated rings. The van der Waals surface area contributed by atoms with Gasteiger partial charge >= 0.3 is 0 Å². The Kier molecular flexibility index (Phi) is 5.43. The van der Waals surface area contributed by atoms with E-state index in [0.717, 1.165) is 58.9 Å². The topological polar surface area (TPSA) is 91.7 Å². The number of aromatic nitrogens is 5. The smallest absolute Gasteiger partial charge is 0.123 e. The van der Waals surface area contributed by atoms with Crippen molar-refractivity contribution < 1.29 is 0 Å². The van der Waals surface area contributed by atoms with E-state index in [0.29, 0.717) is 12.0 Å². The second-order valence-corrected chi connectivity index (χ2v) is 10.2. The number of H-pyrrole nitrogens is 1. The lowest BCUT2D eigenvalue weighted by Gasteiger charge is -2.10. The van der Waals surface area contributed by atoms with Crippen molar-refractivity contribution in [1.29, 1.82) is 0 Å². The Bertz CT molecular complexity index is 1470. The van der Waals surface area contributed by atoms with E-state index in [1.807, 2.05) is 24.7 Å². The molecule has 3 aromatic heterocycles. The summed E-state index contributed by atoms with van der Waals surface area (Å²) in [4.78, 5) is 27.0. The predicted octanol–water partition coefficient (Wildman–Crippen LogP) is 5.88. The molecule has 0 amide bonds. The summed E-state index contributed by atoms with van der Waals surface area (Å²) < 4.78 is 0. The van der Waals surface area contributed by atoms with E-state index >= 15 is 0 Å². The highest BCUT2D eigenvalue weighted by Gasteiger charge is 2.24. The summed E-state index contributed by atoms with van der Waals surface area (Å²) in [5.41, 5.74) is 9.18. The summed E-state index contributed by atoms with van der Waals surface area (Å²) in [6.45, 7) is 1.05. The Morgan fingerprint density at radius 2 is 1.69 bits per heavy atom. The third kappa shape index (κ3) is 4.03. The molecule has 2 N–H and O–H groups in total. The monoisotopic (exact) mass is 475 g/mol. The van der Waals surface area contributed by atoms with Crippen molar-refractivity contribution in [3.05, 3.63) is 66.5 Å². The van der Waals surface area contributed by atoms with Crippen molar-refractivity contribution in [2.45, 2.75) is 51.0 Å². The van der Waals surface area contributed by atoms with Crippen molar-refractivity contribution >= 4 is 22.3 Å². The molecular weight excluding hydrogens is 446 g/mol. The molecule has 7 heteroatoms. The number of hydrogen-bond acceptors (Lipinski definition) is 6. The fourth-order valence-electron chi connectivity index (χ4n) is 5.75. The van der Waals surface area contributed by atoms with Crippen molar-refractivity contribution in [1.82, 2.24) is 30.2 Å². The van der Waals surface area contributed by atoms with Gasteiger partial charge in [-0.05, 0) is 73.5 Å². The quantitative estimate of drug-likeness (QED) is 0.376. The third-order valence-electron chi connectivity index (χ3n) is 7.82. The molecule has 180 valence electrons. The third-order valence-corrected chi connectivity index (χ3v) is 7.82. The fourth-order valence-corrected chi connectivity index (χ4v) is 5.75. The van der Waals surface area contributed by atoms with Gasteiger partial charge in [0.1, 0.15) is 11.5 Å². The van der Waals surface area contributed by atoms with Crippen LogP contribution in [-0.4, -0.2) is 37.2 Å². The van der Waals surface area contributed by atoms with Crippen LogP contribution < -0.4 is 5.32 Å². The molecule has 5 heterocycles. The molecule has 0 radical (unpaired) electrons. The van der Waals surface area contributed by atoms with Gasteiger partial charge in [-0.3, -0.25) is 15.0 Å². The maximum Gasteiger partial charge on any atom is 0.123 e. The summed E-state index contributed by atoms with van der Waals surface area (Å²) in [5.74, 6) is 1.68. The molecule has 0 unspecified atom stereocenters. The van der Waals surface area contributed by atoms with Gasteiger partial charge in [-0.2, -0.15) is 0 Å². The number of nitrogens with zero attached hydrogens (tertiary/aromatic N) is 5. The molecule has 1 aromatic carbocycles. The molecule has 36 heavy (non-hydrogen) atoms. The zero-order chi connectivity index (χ0) is 23.9. The first-order valence-electron chi connectivity index (χ1n) is 13.1. The zero-order valence-corrected chi connectivity index (χ0v) is 20.2. The number of rotatable bonds is 5. The molecule has 1 aliphatic carbocycles. The van der Waals surface area contributed by atoms with Crippen LogP contribution in [0.25, 0.3) is 39.3 Å². The van der Waals surface area contributed by atoms with E-state index in [9.17, 15) is 0 Å². The molecule has 1 atom stereocenters. The minimum Gasteiger partial charge on any atom is -0.341 e. The lowest BCUT2D eigenvalue weighted by Crippen LogP contribution is -2.14. The number of pyridine rings is 1. The summed E-state index contributed by atoms with van der Waals surface area (Å²) in [7, 11) is 0. The maximum atomic E-state index is 4.85. The minimum atomic E-state index is 0.325. The SMILES string of the molecule is C1=C(c2ccc3nc(-c4ccc(-c5cnc([C@@H]6CCCN6)[nH]5)cn4)cnc3c2)CC(C2CCCC2)=N1. The first-order valence-corrected chi connectivity index (χ1v) is 13.1. The highest BCUT2D eigenvalue weighted by atomic mass is 15.0. The standard InChI is InChI=1S/C29H29N7/c1-2-5-18(4-1)25-13-21(15-32-25)19-7-10-23-26(12-19)33-17-28(35-23)22-9-8-20(14-31-22)27-16-34-29(36-27)24-6-3-11-30-24/h7-10,12,14-18,24,30H,1-6,11,13H2,(H,34,36)/t24-/m0/s1. The van der Waals surface area contributed by atoms with Crippen LogP contribution in [-0.2, 0) is 0 Å². The minimum absolute atomic E-state index is 0.325. The number of benzene rings is 1. The molecule has 0 spiro atoms. The second-order valence-electron chi connectivity index (χ2n) is 10.2. The van der Waals surface area contributed by atoms with Gasteiger partial charge < -0.3 is 10.3 Å². The van der Waals surface area contributed by atoms with E-state index in [1.54, 1.807) is 0 Å². The number of aliphatic imine (C=N–C) groups is 1. The molecule has 7 rings (SSSR count). The maximum absolute atomic E-state index is 4.85. The number of fused-ring (bicyclic) bond motifs is 1. The van der Waals surface area contributed by atoms with Gasteiger partial charge in [0.15, 0.2) is 0 Å². The Morgan fingerprint density at radius 3 is 2.53 bits per heavy atom. The Labute approximate surface area is 210 Å². The number of aromatic amines is 1. The zero-order valence-electron chi connectivity index (χ0n) is 20.2. The number of nitrogens with one attached hydrogen (secondary N) is 2. The van der Waals surface area contributed by atoms with Crippen LogP contribution in [0.4, 0.5) is 0 Å². The fraction of sp³-hybridized carbons (Fsp3) is 0.345. The van der Waals surface area contributed by atoms with Crippen molar-refractivity contribution in [3.8, 4) is 22.6 Å². The molecule has 4 aromatic rings. The van der Waals surface area contributed by atoms with Gasteiger partial charge in [0.05, 0.1) is 40.9 Å². The lowest BCUT2D eigenvalue weighted by atomic mass is 9.94. The molecule has 2 aliphatic heterocycles. The van der Waals surface area contributed by atoms with Crippen LogP contribution in [0.1, 0.15) is 62.4 Å². The van der Waals surface area contributed by atoms with Gasteiger partial charge in [0, 0.05) is 30.1 Å². The van der Waals surface area contributed by atoms with Crippen molar-refractivity contribution in [2.24, 2.45) is 10.9 Å². The molecular formula is C29H29N7. The van der Waals surface area contributed by atoms with E-state index in [4.69, 9.17) is 15.0 Å². The highest BCUT2D eigenvalue weighted by Crippen LogP contribution is 2.34. The number of allylic oxidation sites excluding steroid dienone is 1. The normalized spacial score (nSPS) is 20.3. The van der Waals surface area contributed by atoms with Gasteiger partial charge in [-0.15, -0.1) is 0 Å². The predicted molar refractivity (Wildman–Crippen MR) is 142 cm³/mol. The van der Waals surface area contributed by atoms with Crippen LogP contribution in [0.3, 0.4) is 0 Å². The number of hydrogen-bond donors (Lipinski definition) is 2. The van der Waals surface area contributed by atoms with Crippen LogP contribution in [0.2, 0.25) is 0 Å². The van der Waals surface area contributed by atoms with E-state index in [-0.39, 0.29) is 0 Å². The van der Waals surface area contributed by atoms with E-state index in [2.05, 4.69) is 50.7 Å². The van der Waals surface area contributed by atoms with Crippen LogP contribution >= 0.6 is 0 Å². The van der Waals surface area contributed by atoms with Crippen LogP contribution in [0.5, 0.6) is 0 Å². The van der Waals surface area contributed by atoms with Crippen molar-refractivity contribution in [2.75, 3.05) is 6.54 Å². The Morgan fingerprint density at radius 1 is 0.778 bits per heavy atom. The number of imidazole rings is 1. The Balaban J connectivity index is 1.08. The highest BCUT2D eigenvalue weighted by molar-refractivity contribution is 6.00. The van der Waals surface area contributed by atoms with Gasteiger partial charge in [0.2, 0.25) is 0 Å². The molecule has 3 aliphatic rings. The largest absolute Gasteiger partial charge is 0.341 e. The molecule has 1 saturated heterocycles. The average Bonchev–Trinajstić information content (AvgIpc) is 3.75. The lowest BCUT2D eigenvalue weighted by molar-refractivity contribution is 0.613. The summed E-state index contributed by atoms with van der Waals surface area (Å²) in [6, 6.07) is 10.7. The van der Waals surface area contributed by atoms with E-state index < -0.39 is 0 Å². The van der Waals surface area contributed by atoms with E-state index in [1.165, 1.54) is 49.0 Å². The molecule has 7 nitrogen and oxygen atoms in total. The summed E-state index contributed by atoms with van der Waals surface area (Å²) in [6.07, 6.45) is 16.2. The van der Waals surface area contributed by atoms with Crippen LogP contribution in [0, 0.1) is 5.92 Å². The van der Waals surface area contributed by atoms with Gasteiger partial charge in [0.25, 0.3) is 0 Å².